The normalized spacial score (nSPS) is 13.7. The number of aromatic nitrogens is 1. The summed E-state index contributed by atoms with van der Waals surface area (Å²) in [5, 5.41) is 6.05. The summed E-state index contributed by atoms with van der Waals surface area (Å²) >= 11 is 0. The molecular formula is C19H24N4O2. The lowest BCUT2D eigenvalue weighted by molar-refractivity contribution is 0.102. The number of pyridine rings is 1. The molecule has 6 nitrogen and oxygen atoms in total. The Bertz CT molecular complexity index is 697. The van der Waals surface area contributed by atoms with E-state index in [1.807, 2.05) is 12.1 Å². The lowest BCUT2D eigenvalue weighted by atomic mass is 10.2. The Labute approximate surface area is 148 Å². The number of hydrogen-bond acceptors (Lipinski definition) is 5. The number of nitrogens with one attached hydrogen (secondary N) is 2. The second-order valence-corrected chi connectivity index (χ2v) is 6.04. The number of anilines is 3. The fraction of sp³-hybridized carbons (Fsp3) is 0.368. The topological polar surface area (TPSA) is 66.5 Å². The van der Waals surface area contributed by atoms with Gasteiger partial charge in [0.05, 0.1) is 6.61 Å². The van der Waals surface area contributed by atoms with Crippen LogP contribution in [0, 0.1) is 0 Å². The molecule has 2 N–H and O–H groups in total. The summed E-state index contributed by atoms with van der Waals surface area (Å²) in [5.41, 5.74) is 2.57. The van der Waals surface area contributed by atoms with Gasteiger partial charge in [0, 0.05) is 49.9 Å². The first-order valence-electron chi connectivity index (χ1n) is 8.61. The van der Waals surface area contributed by atoms with Gasteiger partial charge in [-0.25, -0.2) is 4.98 Å². The number of methoxy groups -OCH3 is 1. The van der Waals surface area contributed by atoms with Crippen molar-refractivity contribution in [2.45, 2.75) is 12.8 Å². The summed E-state index contributed by atoms with van der Waals surface area (Å²) in [7, 11) is 1.65. The Morgan fingerprint density at radius 2 is 1.96 bits per heavy atom. The Morgan fingerprint density at radius 3 is 2.68 bits per heavy atom. The number of carbonyl (C=O) groups excluding carboxylic acids is 1. The van der Waals surface area contributed by atoms with Gasteiger partial charge in [0.15, 0.2) is 0 Å². The first-order valence-corrected chi connectivity index (χ1v) is 8.61. The molecule has 2 heterocycles. The van der Waals surface area contributed by atoms with Crippen LogP contribution in [0.5, 0.6) is 0 Å². The molecule has 3 rings (SSSR count). The van der Waals surface area contributed by atoms with Gasteiger partial charge in [0.2, 0.25) is 0 Å². The minimum Gasteiger partial charge on any atom is -0.383 e. The van der Waals surface area contributed by atoms with E-state index in [4.69, 9.17) is 4.74 Å². The van der Waals surface area contributed by atoms with E-state index >= 15 is 0 Å². The summed E-state index contributed by atoms with van der Waals surface area (Å²) in [5.74, 6) is 0.514. The van der Waals surface area contributed by atoms with Crippen molar-refractivity contribution in [3.05, 3.63) is 48.2 Å². The van der Waals surface area contributed by atoms with E-state index in [1.54, 1.807) is 25.4 Å². The highest BCUT2D eigenvalue weighted by Crippen LogP contribution is 2.22. The number of amides is 1. The van der Waals surface area contributed by atoms with E-state index in [2.05, 4.69) is 32.7 Å². The van der Waals surface area contributed by atoms with Gasteiger partial charge in [0.25, 0.3) is 5.91 Å². The Kier molecular flexibility index (Phi) is 5.85. The van der Waals surface area contributed by atoms with E-state index < -0.39 is 0 Å². The summed E-state index contributed by atoms with van der Waals surface area (Å²) in [6.45, 7) is 3.46. The Morgan fingerprint density at radius 1 is 1.20 bits per heavy atom. The van der Waals surface area contributed by atoms with Crippen LogP contribution in [0.2, 0.25) is 0 Å². The van der Waals surface area contributed by atoms with Gasteiger partial charge in [-0.1, -0.05) is 0 Å². The van der Waals surface area contributed by atoms with E-state index in [0.717, 1.165) is 18.8 Å². The average Bonchev–Trinajstić information content (AvgIpc) is 3.17. The zero-order valence-electron chi connectivity index (χ0n) is 14.5. The minimum absolute atomic E-state index is 0.147. The fourth-order valence-electron chi connectivity index (χ4n) is 2.88. The number of hydrogen-bond donors (Lipinski definition) is 2. The molecule has 0 radical (unpaired) electrons. The van der Waals surface area contributed by atoms with Crippen molar-refractivity contribution >= 4 is 23.1 Å². The summed E-state index contributed by atoms with van der Waals surface area (Å²) < 4.78 is 4.99. The average molecular weight is 340 g/mol. The summed E-state index contributed by atoms with van der Waals surface area (Å²) in [6.07, 6.45) is 4.13. The molecule has 2 aromatic rings. The molecule has 1 saturated heterocycles. The first-order chi connectivity index (χ1) is 12.3. The van der Waals surface area contributed by atoms with Crippen LogP contribution in [0.1, 0.15) is 23.2 Å². The van der Waals surface area contributed by atoms with Gasteiger partial charge < -0.3 is 20.3 Å². The molecule has 0 bridgehead atoms. The molecule has 0 spiro atoms. The van der Waals surface area contributed by atoms with Crippen molar-refractivity contribution in [1.29, 1.82) is 0 Å². The number of ether oxygens (including phenoxy) is 1. The maximum absolute atomic E-state index is 12.4. The predicted octanol–water partition coefficient (Wildman–Crippen LogP) is 2.99. The molecule has 0 unspecified atom stereocenters. The molecule has 0 atom stereocenters. The van der Waals surface area contributed by atoms with Gasteiger partial charge in [0.1, 0.15) is 5.82 Å². The molecule has 1 amide bonds. The third-order valence-electron chi connectivity index (χ3n) is 4.23. The fourth-order valence-corrected chi connectivity index (χ4v) is 2.88. The minimum atomic E-state index is -0.147. The second-order valence-electron chi connectivity index (χ2n) is 6.04. The number of carbonyl (C=O) groups is 1. The zero-order valence-corrected chi connectivity index (χ0v) is 14.5. The molecule has 1 aliphatic rings. The van der Waals surface area contributed by atoms with E-state index in [1.165, 1.54) is 18.5 Å². The molecule has 6 heteroatoms. The highest BCUT2D eigenvalue weighted by atomic mass is 16.5. The molecule has 132 valence electrons. The van der Waals surface area contributed by atoms with E-state index in [-0.39, 0.29) is 5.91 Å². The lowest BCUT2D eigenvalue weighted by Gasteiger charge is -2.17. The molecule has 1 aromatic carbocycles. The number of benzene rings is 1. The molecule has 1 aromatic heterocycles. The van der Waals surface area contributed by atoms with Crippen molar-refractivity contribution in [2.24, 2.45) is 0 Å². The first kappa shape index (κ1) is 17.2. The molecule has 1 fully saturated rings. The SMILES string of the molecule is COCCNc1cc(C(=O)Nc2ccc(N3CCCC3)cc2)ccn1. The molecule has 0 saturated carbocycles. The largest absolute Gasteiger partial charge is 0.383 e. The quantitative estimate of drug-likeness (QED) is 0.759. The summed E-state index contributed by atoms with van der Waals surface area (Å²) in [4.78, 5) is 19.0. The van der Waals surface area contributed by atoms with Crippen LogP contribution in [0.25, 0.3) is 0 Å². The van der Waals surface area contributed by atoms with Gasteiger partial charge in [-0.05, 0) is 49.2 Å². The Balaban J connectivity index is 1.60. The van der Waals surface area contributed by atoms with E-state index in [0.29, 0.717) is 24.5 Å². The van der Waals surface area contributed by atoms with Gasteiger partial charge >= 0.3 is 0 Å². The van der Waals surface area contributed by atoms with Crippen LogP contribution in [0.15, 0.2) is 42.6 Å². The Hall–Kier alpha value is -2.60. The van der Waals surface area contributed by atoms with Crippen molar-refractivity contribution in [1.82, 2.24) is 4.98 Å². The van der Waals surface area contributed by atoms with Crippen LogP contribution >= 0.6 is 0 Å². The molecule has 25 heavy (non-hydrogen) atoms. The molecule has 1 aliphatic heterocycles. The van der Waals surface area contributed by atoms with Gasteiger partial charge in [-0.3, -0.25) is 4.79 Å². The predicted molar refractivity (Wildman–Crippen MR) is 100 cm³/mol. The monoisotopic (exact) mass is 340 g/mol. The van der Waals surface area contributed by atoms with Crippen LogP contribution in [-0.4, -0.2) is 44.2 Å². The standard InChI is InChI=1S/C19H24N4O2/c1-25-13-10-21-18-14-15(8-9-20-18)19(24)22-16-4-6-17(7-5-16)23-11-2-3-12-23/h4-9,14H,2-3,10-13H2,1H3,(H,20,21)(H,22,24). The van der Waals surface area contributed by atoms with Gasteiger partial charge in [-0.2, -0.15) is 0 Å². The van der Waals surface area contributed by atoms with Gasteiger partial charge in [-0.15, -0.1) is 0 Å². The van der Waals surface area contributed by atoms with Crippen molar-refractivity contribution in [3.8, 4) is 0 Å². The smallest absolute Gasteiger partial charge is 0.255 e. The van der Waals surface area contributed by atoms with Crippen LogP contribution < -0.4 is 15.5 Å². The van der Waals surface area contributed by atoms with Crippen LogP contribution in [0.3, 0.4) is 0 Å². The van der Waals surface area contributed by atoms with E-state index in [9.17, 15) is 4.79 Å². The second kappa shape index (κ2) is 8.48. The van der Waals surface area contributed by atoms with Crippen LogP contribution in [0.4, 0.5) is 17.2 Å². The zero-order chi connectivity index (χ0) is 17.5. The van der Waals surface area contributed by atoms with Crippen molar-refractivity contribution in [2.75, 3.05) is 48.9 Å². The molecular weight excluding hydrogens is 316 g/mol. The van der Waals surface area contributed by atoms with Crippen molar-refractivity contribution in [3.63, 3.8) is 0 Å². The molecule has 0 aliphatic carbocycles. The number of rotatable bonds is 7. The lowest BCUT2D eigenvalue weighted by Crippen LogP contribution is -2.17. The summed E-state index contributed by atoms with van der Waals surface area (Å²) in [6, 6.07) is 11.5. The number of nitrogens with zero attached hydrogens (tertiary/aromatic N) is 2. The highest BCUT2D eigenvalue weighted by Gasteiger charge is 2.12. The van der Waals surface area contributed by atoms with Crippen molar-refractivity contribution < 1.29 is 9.53 Å². The third kappa shape index (κ3) is 4.70. The maximum atomic E-state index is 12.4. The van der Waals surface area contributed by atoms with Crippen LogP contribution in [-0.2, 0) is 4.74 Å². The maximum Gasteiger partial charge on any atom is 0.255 e. The third-order valence-corrected chi connectivity index (χ3v) is 4.23. The highest BCUT2D eigenvalue weighted by molar-refractivity contribution is 6.04.